The summed E-state index contributed by atoms with van der Waals surface area (Å²) < 4.78 is 20.5. The lowest BCUT2D eigenvalue weighted by Gasteiger charge is -2.30. The van der Waals surface area contributed by atoms with E-state index in [0.29, 0.717) is 0 Å². The van der Waals surface area contributed by atoms with Gasteiger partial charge in [0, 0.05) is 0 Å². The van der Waals surface area contributed by atoms with Gasteiger partial charge in [-0.25, -0.2) is 0 Å². The summed E-state index contributed by atoms with van der Waals surface area (Å²) >= 11 is 0. The quantitative estimate of drug-likeness (QED) is 0.327. The van der Waals surface area contributed by atoms with Crippen LogP contribution in [0.1, 0.15) is 6.23 Å². The summed E-state index contributed by atoms with van der Waals surface area (Å²) in [4.78, 5) is 33.9. The predicted molar refractivity (Wildman–Crippen MR) is 58.4 cm³/mol. The second kappa shape index (κ2) is 5.77. The van der Waals surface area contributed by atoms with Gasteiger partial charge in [0.2, 0.25) is 6.33 Å². The van der Waals surface area contributed by atoms with Crippen molar-refractivity contribution in [2.75, 3.05) is 6.61 Å². The van der Waals surface area contributed by atoms with Crippen LogP contribution < -0.4 is 9.79 Å². The second-order valence-corrected chi connectivity index (χ2v) is 5.38. The molecule has 12 nitrogen and oxygen atoms in total. The van der Waals surface area contributed by atoms with Crippen molar-refractivity contribution in [2.45, 2.75) is 24.5 Å². The van der Waals surface area contributed by atoms with Gasteiger partial charge in [-0.05, 0) is 9.91 Å². The van der Waals surface area contributed by atoms with Gasteiger partial charge in [-0.15, -0.1) is 0 Å². The van der Waals surface area contributed by atoms with Crippen LogP contribution in [0.15, 0.2) is 12.5 Å². The molecular formula is C8H10N3O9P-2. The average molecular weight is 323 g/mol. The molecule has 0 bridgehead atoms. The van der Waals surface area contributed by atoms with E-state index in [1.54, 1.807) is 0 Å². The van der Waals surface area contributed by atoms with Gasteiger partial charge in [-0.3, -0.25) is 4.57 Å². The van der Waals surface area contributed by atoms with Crippen molar-refractivity contribution in [1.82, 2.24) is 9.55 Å². The first-order valence-electron chi connectivity index (χ1n) is 5.55. The van der Waals surface area contributed by atoms with Gasteiger partial charge < -0.3 is 43.9 Å². The molecule has 0 saturated carbocycles. The molecule has 2 rings (SSSR count). The molecule has 2 heterocycles. The molecule has 0 aromatic carbocycles. The van der Waals surface area contributed by atoms with E-state index in [4.69, 9.17) is 4.74 Å². The van der Waals surface area contributed by atoms with E-state index in [1.807, 2.05) is 0 Å². The van der Waals surface area contributed by atoms with E-state index in [9.17, 15) is 34.7 Å². The van der Waals surface area contributed by atoms with Crippen molar-refractivity contribution in [3.05, 3.63) is 22.6 Å². The Labute approximate surface area is 116 Å². The molecule has 0 amide bonds. The van der Waals surface area contributed by atoms with Crippen LogP contribution in [0.2, 0.25) is 0 Å². The van der Waals surface area contributed by atoms with Crippen LogP contribution in [-0.2, 0) is 13.8 Å². The molecule has 13 heteroatoms. The fourth-order valence-corrected chi connectivity index (χ4v) is 2.17. The number of nitrogens with zero attached hydrogens (tertiary/aromatic N) is 3. The third-order valence-corrected chi connectivity index (χ3v) is 3.27. The molecule has 0 unspecified atom stereocenters. The first-order chi connectivity index (χ1) is 9.69. The minimum Gasteiger partial charge on any atom is -0.790 e. The number of imidazole rings is 1. The van der Waals surface area contributed by atoms with Crippen LogP contribution in [0.5, 0.6) is 0 Å². The van der Waals surface area contributed by atoms with Gasteiger partial charge in [-0.2, -0.15) is 0 Å². The van der Waals surface area contributed by atoms with E-state index in [1.165, 1.54) is 0 Å². The SMILES string of the molecule is O=[N+]([O-])c1cn([C@@H]2O[C@H](COP(=O)([O-])[O-])[C@@H](O)[C@H]2O)cn1. The highest BCUT2D eigenvalue weighted by molar-refractivity contribution is 7.43. The van der Waals surface area contributed by atoms with Crippen molar-refractivity contribution < 1.29 is 38.7 Å². The van der Waals surface area contributed by atoms with Gasteiger partial charge in [0.15, 0.2) is 6.23 Å². The molecule has 1 fully saturated rings. The molecule has 1 aliphatic heterocycles. The van der Waals surface area contributed by atoms with Crippen molar-refractivity contribution in [2.24, 2.45) is 0 Å². The second-order valence-electron chi connectivity index (χ2n) is 4.23. The number of aliphatic hydroxyl groups is 2. The molecule has 2 N–H and O–H groups in total. The van der Waals surface area contributed by atoms with E-state index >= 15 is 0 Å². The first kappa shape index (κ1) is 16.0. The Bertz CT molecular complexity index is 571. The molecule has 0 radical (unpaired) electrons. The molecule has 4 atom stereocenters. The zero-order valence-corrected chi connectivity index (χ0v) is 11.1. The Hall–Kier alpha value is -1.40. The van der Waals surface area contributed by atoms with Crippen LogP contribution in [0.25, 0.3) is 0 Å². The largest absolute Gasteiger partial charge is 0.790 e. The number of ether oxygens (including phenoxy) is 1. The minimum absolute atomic E-state index is 0.497. The molecule has 0 spiro atoms. The smallest absolute Gasteiger partial charge is 0.381 e. The maximum absolute atomic E-state index is 10.5. The third kappa shape index (κ3) is 3.63. The molecule has 1 aliphatic rings. The first-order valence-corrected chi connectivity index (χ1v) is 7.01. The van der Waals surface area contributed by atoms with E-state index in [2.05, 4.69) is 9.51 Å². The van der Waals surface area contributed by atoms with Crippen LogP contribution >= 0.6 is 7.82 Å². The molecule has 21 heavy (non-hydrogen) atoms. The predicted octanol–water partition coefficient (Wildman–Crippen LogP) is -2.74. The van der Waals surface area contributed by atoms with Crippen molar-refractivity contribution in [3.63, 3.8) is 0 Å². The number of aliphatic hydroxyl groups excluding tert-OH is 2. The van der Waals surface area contributed by atoms with Crippen LogP contribution in [0.3, 0.4) is 0 Å². The normalized spacial score (nSPS) is 29.7. The maximum atomic E-state index is 10.5. The molecular weight excluding hydrogens is 313 g/mol. The van der Waals surface area contributed by atoms with Gasteiger partial charge in [0.25, 0.3) is 0 Å². The molecule has 1 aromatic rings. The van der Waals surface area contributed by atoms with Gasteiger partial charge >= 0.3 is 5.82 Å². The monoisotopic (exact) mass is 323 g/mol. The number of hydrogen-bond donors (Lipinski definition) is 2. The standard InChI is InChI=1S/C8H12N3O9P/c12-6-4(2-19-21(16,17)18)20-8(7(6)13)10-1-5(9-3-10)11(14)15/h1,3-4,6-8,12-13H,2H2,(H2,16,17,18)/p-2/t4-,6-,7-,8-/m1/s1. The summed E-state index contributed by atoms with van der Waals surface area (Å²) in [5, 5.41) is 30.0. The number of nitro groups is 1. The molecule has 0 aliphatic carbocycles. The summed E-state index contributed by atoms with van der Waals surface area (Å²) in [5.41, 5.74) is 0. The lowest BCUT2D eigenvalue weighted by atomic mass is 10.1. The van der Waals surface area contributed by atoms with Crippen LogP contribution in [0, 0.1) is 10.1 Å². The summed E-state index contributed by atoms with van der Waals surface area (Å²) in [6, 6.07) is 0. The number of hydrogen-bond acceptors (Lipinski definition) is 10. The Kier molecular flexibility index (Phi) is 4.39. The number of aromatic nitrogens is 2. The average Bonchev–Trinajstić information content (AvgIpc) is 2.94. The lowest BCUT2D eigenvalue weighted by molar-refractivity contribution is -0.389. The maximum Gasteiger partial charge on any atom is 0.381 e. The van der Waals surface area contributed by atoms with E-state index in [0.717, 1.165) is 17.1 Å². The molecule has 118 valence electrons. The Balaban J connectivity index is 2.08. The Morgan fingerprint density at radius 2 is 2.14 bits per heavy atom. The lowest BCUT2D eigenvalue weighted by Crippen LogP contribution is -2.34. The van der Waals surface area contributed by atoms with Crippen molar-refractivity contribution in [3.8, 4) is 0 Å². The number of phosphoric ester groups is 1. The van der Waals surface area contributed by atoms with Crippen LogP contribution in [0.4, 0.5) is 5.82 Å². The zero-order chi connectivity index (χ0) is 15.8. The van der Waals surface area contributed by atoms with E-state index < -0.39 is 49.7 Å². The Morgan fingerprint density at radius 1 is 1.48 bits per heavy atom. The molecule has 1 aromatic heterocycles. The Morgan fingerprint density at radius 3 is 2.67 bits per heavy atom. The fraction of sp³-hybridized carbons (Fsp3) is 0.625. The minimum atomic E-state index is -5.25. The number of rotatable bonds is 5. The highest BCUT2D eigenvalue weighted by atomic mass is 31.2. The topological polar surface area (TPSA) is 183 Å². The zero-order valence-electron chi connectivity index (χ0n) is 10.2. The fourth-order valence-electron chi connectivity index (χ4n) is 1.84. The van der Waals surface area contributed by atoms with E-state index in [-0.39, 0.29) is 0 Å². The van der Waals surface area contributed by atoms with Gasteiger partial charge in [0.1, 0.15) is 24.5 Å². The highest BCUT2D eigenvalue weighted by Gasteiger charge is 2.44. The summed E-state index contributed by atoms with van der Waals surface area (Å²) in [5.74, 6) is -0.497. The third-order valence-electron chi connectivity index (χ3n) is 2.80. The molecule has 1 saturated heterocycles. The van der Waals surface area contributed by atoms with Crippen molar-refractivity contribution >= 4 is 13.6 Å². The summed E-state index contributed by atoms with van der Waals surface area (Å²) in [6.45, 7) is -0.782. The van der Waals surface area contributed by atoms with Crippen LogP contribution in [-0.4, -0.2) is 49.6 Å². The number of phosphoric acid groups is 1. The van der Waals surface area contributed by atoms with Crippen molar-refractivity contribution in [1.29, 1.82) is 0 Å². The van der Waals surface area contributed by atoms with Gasteiger partial charge in [-0.1, -0.05) is 0 Å². The highest BCUT2D eigenvalue weighted by Crippen LogP contribution is 2.33. The van der Waals surface area contributed by atoms with Gasteiger partial charge in [0.05, 0.1) is 14.4 Å². The summed E-state index contributed by atoms with van der Waals surface area (Å²) in [6.07, 6.45) is -3.59. The summed E-state index contributed by atoms with van der Waals surface area (Å²) in [7, 11) is -5.25.